The van der Waals surface area contributed by atoms with E-state index in [2.05, 4.69) is 30.6 Å². The van der Waals surface area contributed by atoms with Crippen molar-refractivity contribution < 1.29 is 4.79 Å². The Balaban J connectivity index is 2.32. The molecule has 5 nitrogen and oxygen atoms in total. The van der Waals surface area contributed by atoms with Crippen molar-refractivity contribution in [1.82, 2.24) is 19.4 Å². The van der Waals surface area contributed by atoms with Gasteiger partial charge in [0.1, 0.15) is 4.88 Å². The van der Waals surface area contributed by atoms with Crippen LogP contribution in [-0.2, 0) is 25.3 Å². The third-order valence-electron chi connectivity index (χ3n) is 3.28. The van der Waals surface area contributed by atoms with Crippen molar-refractivity contribution in [3.8, 4) is 0 Å². The van der Waals surface area contributed by atoms with E-state index < -0.39 is 0 Å². The summed E-state index contributed by atoms with van der Waals surface area (Å²) in [5.74, 6) is 0.0429. The molecule has 0 aromatic carbocycles. The lowest BCUT2D eigenvalue weighted by atomic mass is 9.90. The first-order valence-corrected chi connectivity index (χ1v) is 8.38. The van der Waals surface area contributed by atoms with Gasteiger partial charge in [0, 0.05) is 12.5 Å². The lowest BCUT2D eigenvalue weighted by Crippen LogP contribution is -2.17. The molecule has 2 heterocycles. The van der Waals surface area contributed by atoms with E-state index in [0.29, 0.717) is 11.3 Å². The van der Waals surface area contributed by atoms with Crippen LogP contribution in [-0.4, -0.2) is 25.2 Å². The largest absolute Gasteiger partial charge is 0.293 e. The first-order chi connectivity index (χ1) is 9.75. The van der Waals surface area contributed by atoms with E-state index in [-0.39, 0.29) is 11.2 Å². The Bertz CT molecular complexity index is 669. The molecule has 0 aliphatic carbocycles. The van der Waals surface area contributed by atoms with Crippen LogP contribution >= 0.6 is 27.5 Å². The molecule has 0 aliphatic rings. The number of nitrogens with zero attached hydrogens (tertiary/aromatic N) is 4. The number of rotatable bonds is 4. The highest BCUT2D eigenvalue weighted by Crippen LogP contribution is 2.28. The summed E-state index contributed by atoms with van der Waals surface area (Å²) in [6.07, 6.45) is 1.13. The number of hydrogen-bond acceptors (Lipinski definition) is 5. The number of aryl methyl sites for hydroxylation is 2. The number of Topliss-reactive ketones (excluding diaryl/α,β-unsaturated/α-hetero) is 1. The fourth-order valence-electron chi connectivity index (χ4n) is 2.11. The molecular formula is C14H19BrN4OS. The van der Waals surface area contributed by atoms with Gasteiger partial charge < -0.3 is 0 Å². The summed E-state index contributed by atoms with van der Waals surface area (Å²) < 4.78 is 6.65. The van der Waals surface area contributed by atoms with Gasteiger partial charge in [-0.1, -0.05) is 32.2 Å². The number of halogens is 1. The Labute approximate surface area is 137 Å². The molecule has 0 saturated carbocycles. The summed E-state index contributed by atoms with van der Waals surface area (Å²) in [6.45, 7) is 8.16. The van der Waals surface area contributed by atoms with Gasteiger partial charge in [-0.2, -0.15) is 5.10 Å². The van der Waals surface area contributed by atoms with Gasteiger partial charge in [0.15, 0.2) is 5.78 Å². The van der Waals surface area contributed by atoms with Crippen LogP contribution in [0.1, 0.15) is 54.4 Å². The van der Waals surface area contributed by atoms with Crippen LogP contribution in [0.3, 0.4) is 0 Å². The van der Waals surface area contributed by atoms with Gasteiger partial charge in [-0.05, 0) is 33.9 Å². The highest BCUT2D eigenvalue weighted by molar-refractivity contribution is 9.10. The van der Waals surface area contributed by atoms with E-state index in [1.54, 1.807) is 4.68 Å². The first-order valence-electron chi connectivity index (χ1n) is 6.82. The van der Waals surface area contributed by atoms with E-state index in [1.165, 1.54) is 11.5 Å². The second kappa shape index (κ2) is 5.96. The van der Waals surface area contributed by atoms with Gasteiger partial charge in [0.2, 0.25) is 0 Å². The van der Waals surface area contributed by atoms with Gasteiger partial charge in [0.05, 0.1) is 28.0 Å². The molecule has 2 aromatic rings. The van der Waals surface area contributed by atoms with Crippen molar-refractivity contribution in [2.75, 3.05) is 0 Å². The van der Waals surface area contributed by atoms with Gasteiger partial charge in [-0.25, -0.2) is 0 Å². The van der Waals surface area contributed by atoms with Gasteiger partial charge in [0.25, 0.3) is 0 Å². The van der Waals surface area contributed by atoms with Crippen LogP contribution in [0, 0.1) is 0 Å². The monoisotopic (exact) mass is 370 g/mol. The Morgan fingerprint density at radius 1 is 1.38 bits per heavy atom. The SMILES string of the molecule is CCc1nn(C)c(CC(=O)c2snnc2C(C)(C)C)c1Br. The summed E-state index contributed by atoms with van der Waals surface area (Å²) in [5, 5.41) is 8.55. The van der Waals surface area contributed by atoms with Crippen molar-refractivity contribution in [1.29, 1.82) is 0 Å². The highest BCUT2D eigenvalue weighted by atomic mass is 79.9. The lowest BCUT2D eigenvalue weighted by Gasteiger charge is -2.15. The molecule has 2 rings (SSSR count). The standard InChI is InChI=1S/C14H19BrN4OS/c1-6-8-11(15)9(19(5)17-8)7-10(20)12-13(14(2,3)4)16-18-21-12/h6-7H2,1-5H3. The van der Waals surface area contributed by atoms with Crippen LogP contribution < -0.4 is 0 Å². The minimum absolute atomic E-state index is 0.0429. The van der Waals surface area contributed by atoms with Crippen LogP contribution in [0.15, 0.2) is 4.47 Å². The highest BCUT2D eigenvalue weighted by Gasteiger charge is 2.27. The van der Waals surface area contributed by atoms with E-state index in [0.717, 1.165) is 28.0 Å². The molecule has 0 spiro atoms. The average Bonchev–Trinajstić information content (AvgIpc) is 2.98. The normalized spacial score (nSPS) is 11.9. The Morgan fingerprint density at radius 3 is 2.57 bits per heavy atom. The zero-order valence-corrected chi connectivity index (χ0v) is 15.3. The summed E-state index contributed by atoms with van der Waals surface area (Å²) in [7, 11) is 1.86. The number of carbonyl (C=O) groups excluding carboxylic acids is 1. The fourth-order valence-corrected chi connectivity index (χ4v) is 3.68. The zero-order valence-electron chi connectivity index (χ0n) is 12.9. The van der Waals surface area contributed by atoms with Crippen molar-refractivity contribution in [2.24, 2.45) is 7.05 Å². The van der Waals surface area contributed by atoms with E-state index in [1.807, 2.05) is 34.7 Å². The van der Waals surface area contributed by atoms with Gasteiger partial charge in [-0.15, -0.1) is 5.10 Å². The zero-order chi connectivity index (χ0) is 15.8. The molecule has 0 saturated heterocycles. The molecule has 0 amide bonds. The third kappa shape index (κ3) is 3.23. The number of aromatic nitrogens is 4. The summed E-state index contributed by atoms with van der Waals surface area (Å²) in [4.78, 5) is 13.3. The molecule has 0 radical (unpaired) electrons. The number of carbonyl (C=O) groups is 1. The molecule has 0 unspecified atom stereocenters. The van der Waals surface area contributed by atoms with E-state index in [9.17, 15) is 4.79 Å². The second-order valence-electron chi connectivity index (χ2n) is 5.99. The van der Waals surface area contributed by atoms with Gasteiger partial charge in [-0.3, -0.25) is 9.48 Å². The Hall–Kier alpha value is -1.08. The summed E-state index contributed by atoms with van der Waals surface area (Å²) in [6, 6.07) is 0. The van der Waals surface area contributed by atoms with Gasteiger partial charge >= 0.3 is 0 Å². The Morgan fingerprint density at radius 2 is 2.05 bits per heavy atom. The van der Waals surface area contributed by atoms with Crippen LogP contribution in [0.25, 0.3) is 0 Å². The van der Waals surface area contributed by atoms with E-state index >= 15 is 0 Å². The summed E-state index contributed by atoms with van der Waals surface area (Å²) >= 11 is 4.72. The maximum Gasteiger partial charge on any atom is 0.182 e. The minimum atomic E-state index is -0.184. The van der Waals surface area contributed by atoms with Crippen LogP contribution in [0.4, 0.5) is 0 Å². The molecular weight excluding hydrogens is 352 g/mol. The molecule has 21 heavy (non-hydrogen) atoms. The molecule has 114 valence electrons. The molecule has 0 atom stereocenters. The number of hydrogen-bond donors (Lipinski definition) is 0. The fraction of sp³-hybridized carbons (Fsp3) is 0.571. The van der Waals surface area contributed by atoms with Crippen LogP contribution in [0.5, 0.6) is 0 Å². The maximum absolute atomic E-state index is 12.6. The molecule has 2 aromatic heterocycles. The Kier molecular flexibility index (Phi) is 4.63. The molecule has 0 fully saturated rings. The van der Waals surface area contributed by atoms with Crippen molar-refractivity contribution in [3.63, 3.8) is 0 Å². The molecule has 7 heteroatoms. The molecule has 0 bridgehead atoms. The average molecular weight is 371 g/mol. The minimum Gasteiger partial charge on any atom is -0.293 e. The molecule has 0 N–H and O–H groups in total. The quantitative estimate of drug-likeness (QED) is 0.774. The van der Waals surface area contributed by atoms with Crippen molar-refractivity contribution in [3.05, 3.63) is 26.4 Å². The smallest absolute Gasteiger partial charge is 0.182 e. The first kappa shape index (κ1) is 16.3. The second-order valence-corrected chi connectivity index (χ2v) is 7.53. The predicted octanol–water partition coefficient (Wildman–Crippen LogP) is 3.32. The maximum atomic E-state index is 12.6. The van der Waals surface area contributed by atoms with Crippen LogP contribution in [0.2, 0.25) is 0 Å². The predicted molar refractivity (Wildman–Crippen MR) is 86.9 cm³/mol. The third-order valence-corrected chi connectivity index (χ3v) is 4.96. The molecule has 0 aliphatic heterocycles. The topological polar surface area (TPSA) is 60.7 Å². The number of ketones is 1. The van der Waals surface area contributed by atoms with Crippen molar-refractivity contribution >= 4 is 33.2 Å². The lowest BCUT2D eigenvalue weighted by molar-refractivity contribution is 0.0992. The van der Waals surface area contributed by atoms with E-state index in [4.69, 9.17) is 0 Å². The van der Waals surface area contributed by atoms with Crippen molar-refractivity contribution in [2.45, 2.75) is 46.0 Å². The summed E-state index contributed by atoms with van der Waals surface area (Å²) in [5.41, 5.74) is 2.45.